The van der Waals surface area contributed by atoms with Gasteiger partial charge in [0.1, 0.15) is 0 Å². The molecule has 2 heterocycles. The van der Waals surface area contributed by atoms with Crippen molar-refractivity contribution in [3.05, 3.63) is 35.9 Å². The SMILES string of the molecule is O=C(CSc1nnc(N2CCCC2)n1C1CC1)NCC1(c2ccccc2)CC1. The Kier molecular flexibility index (Phi) is 4.78. The minimum absolute atomic E-state index is 0.0836. The number of rotatable bonds is 8. The lowest BCUT2D eigenvalue weighted by molar-refractivity contribution is -0.118. The molecule has 3 fully saturated rings. The molecule has 2 saturated carbocycles. The summed E-state index contributed by atoms with van der Waals surface area (Å²) >= 11 is 1.52. The highest BCUT2D eigenvalue weighted by Crippen LogP contribution is 2.47. The number of aromatic nitrogens is 3. The van der Waals surface area contributed by atoms with Gasteiger partial charge in [0.25, 0.3) is 0 Å². The van der Waals surface area contributed by atoms with E-state index in [-0.39, 0.29) is 11.3 Å². The third-order valence-electron chi connectivity index (χ3n) is 6.14. The fourth-order valence-corrected chi connectivity index (χ4v) is 4.94. The van der Waals surface area contributed by atoms with Crippen molar-refractivity contribution in [1.29, 1.82) is 0 Å². The molecule has 1 aromatic carbocycles. The number of thioether (sulfide) groups is 1. The molecule has 1 N–H and O–H groups in total. The number of amides is 1. The first kappa shape index (κ1) is 18.0. The van der Waals surface area contributed by atoms with E-state index in [0.29, 0.717) is 11.8 Å². The van der Waals surface area contributed by atoms with Crippen molar-refractivity contribution < 1.29 is 4.79 Å². The van der Waals surface area contributed by atoms with Crippen LogP contribution in [0.15, 0.2) is 35.5 Å². The zero-order valence-corrected chi connectivity index (χ0v) is 17.0. The average Bonchev–Trinajstić information content (AvgIpc) is 3.63. The lowest BCUT2D eigenvalue weighted by Gasteiger charge is -2.18. The quantitative estimate of drug-likeness (QED) is 0.694. The van der Waals surface area contributed by atoms with Crippen LogP contribution in [0.1, 0.15) is 50.1 Å². The molecule has 0 unspecified atom stereocenters. The maximum absolute atomic E-state index is 12.5. The standard InChI is InChI=1S/C21H27N5OS/c27-18(22-15-21(10-11-21)16-6-2-1-3-7-16)14-28-20-24-23-19(25-12-4-5-13-25)26(20)17-8-9-17/h1-3,6-7,17H,4-5,8-15H2,(H,22,27). The molecule has 0 spiro atoms. The summed E-state index contributed by atoms with van der Waals surface area (Å²) in [6, 6.07) is 11.1. The van der Waals surface area contributed by atoms with E-state index in [4.69, 9.17) is 0 Å². The topological polar surface area (TPSA) is 63.1 Å². The summed E-state index contributed by atoms with van der Waals surface area (Å²) in [7, 11) is 0. The number of hydrogen-bond acceptors (Lipinski definition) is 5. The van der Waals surface area contributed by atoms with Crippen molar-refractivity contribution in [2.45, 2.75) is 55.1 Å². The highest BCUT2D eigenvalue weighted by molar-refractivity contribution is 7.99. The molecular weight excluding hydrogens is 370 g/mol. The van der Waals surface area contributed by atoms with Crippen molar-refractivity contribution in [3.8, 4) is 0 Å². The number of carbonyl (C=O) groups excluding carboxylic acids is 1. The maximum atomic E-state index is 12.5. The molecule has 148 valence electrons. The van der Waals surface area contributed by atoms with Crippen molar-refractivity contribution in [2.75, 3.05) is 30.3 Å². The molecule has 3 aliphatic rings. The Morgan fingerprint density at radius 2 is 1.89 bits per heavy atom. The van der Waals surface area contributed by atoms with E-state index in [2.05, 4.69) is 49.2 Å². The molecule has 0 bridgehead atoms. The Morgan fingerprint density at radius 1 is 1.14 bits per heavy atom. The van der Waals surface area contributed by atoms with E-state index in [1.54, 1.807) is 0 Å². The number of nitrogens with one attached hydrogen (secondary N) is 1. The van der Waals surface area contributed by atoms with Crippen LogP contribution in [0.5, 0.6) is 0 Å². The van der Waals surface area contributed by atoms with E-state index >= 15 is 0 Å². The Balaban J connectivity index is 1.18. The first-order valence-corrected chi connectivity index (χ1v) is 11.4. The van der Waals surface area contributed by atoms with Crippen molar-refractivity contribution in [2.24, 2.45) is 0 Å². The van der Waals surface area contributed by atoms with Crippen molar-refractivity contribution in [1.82, 2.24) is 20.1 Å². The molecule has 1 amide bonds. The molecule has 2 aromatic rings. The average molecular weight is 398 g/mol. The molecule has 0 radical (unpaired) electrons. The monoisotopic (exact) mass is 397 g/mol. The van der Waals surface area contributed by atoms with Gasteiger partial charge >= 0.3 is 0 Å². The summed E-state index contributed by atoms with van der Waals surface area (Å²) in [6.07, 6.45) is 7.15. The van der Waals surface area contributed by atoms with E-state index in [0.717, 1.165) is 43.6 Å². The maximum Gasteiger partial charge on any atom is 0.230 e. The number of anilines is 1. The first-order chi connectivity index (χ1) is 13.8. The summed E-state index contributed by atoms with van der Waals surface area (Å²) < 4.78 is 2.27. The second-order valence-electron chi connectivity index (χ2n) is 8.29. The Hall–Kier alpha value is -2.02. The molecule has 6 nitrogen and oxygen atoms in total. The van der Waals surface area contributed by atoms with Gasteiger partial charge in [-0.25, -0.2) is 0 Å². The normalized spacial score (nSPS) is 20.4. The molecular formula is C21H27N5OS. The van der Waals surface area contributed by atoms with Crippen LogP contribution in [0.25, 0.3) is 0 Å². The van der Waals surface area contributed by atoms with Gasteiger partial charge < -0.3 is 10.2 Å². The highest BCUT2D eigenvalue weighted by atomic mass is 32.2. The second-order valence-corrected chi connectivity index (χ2v) is 9.23. The van der Waals surface area contributed by atoms with Gasteiger partial charge in [-0.2, -0.15) is 0 Å². The van der Waals surface area contributed by atoms with Crippen LogP contribution in [0.2, 0.25) is 0 Å². The van der Waals surface area contributed by atoms with Crippen LogP contribution in [0, 0.1) is 0 Å². The van der Waals surface area contributed by atoms with Crippen LogP contribution in [-0.2, 0) is 10.2 Å². The van der Waals surface area contributed by atoms with Crippen LogP contribution < -0.4 is 10.2 Å². The molecule has 28 heavy (non-hydrogen) atoms. The Morgan fingerprint density at radius 3 is 2.57 bits per heavy atom. The van der Waals surface area contributed by atoms with Crippen molar-refractivity contribution in [3.63, 3.8) is 0 Å². The van der Waals surface area contributed by atoms with Gasteiger partial charge in [-0.15, -0.1) is 10.2 Å². The number of benzene rings is 1. The van der Waals surface area contributed by atoms with E-state index in [1.807, 2.05) is 6.07 Å². The number of hydrogen-bond donors (Lipinski definition) is 1. The number of nitrogens with zero attached hydrogens (tertiary/aromatic N) is 4. The van der Waals surface area contributed by atoms with Gasteiger partial charge in [0.05, 0.1) is 5.75 Å². The second kappa shape index (κ2) is 7.43. The molecule has 1 aliphatic heterocycles. The van der Waals surface area contributed by atoms with Gasteiger partial charge in [0, 0.05) is 31.1 Å². The highest BCUT2D eigenvalue weighted by Gasteiger charge is 2.44. The van der Waals surface area contributed by atoms with Crippen LogP contribution in [0.4, 0.5) is 5.95 Å². The van der Waals surface area contributed by atoms with E-state index < -0.39 is 0 Å². The lowest BCUT2D eigenvalue weighted by Crippen LogP contribution is -2.33. The molecule has 1 aromatic heterocycles. The molecule has 1 saturated heterocycles. The lowest BCUT2D eigenvalue weighted by atomic mass is 9.96. The minimum Gasteiger partial charge on any atom is -0.354 e. The van der Waals surface area contributed by atoms with Gasteiger partial charge in [0.15, 0.2) is 5.16 Å². The zero-order chi connectivity index (χ0) is 19.0. The van der Waals surface area contributed by atoms with Gasteiger partial charge in [-0.05, 0) is 44.1 Å². The first-order valence-electron chi connectivity index (χ1n) is 10.4. The Labute approximate surface area is 170 Å². The molecule has 7 heteroatoms. The van der Waals surface area contributed by atoms with Gasteiger partial charge in [0.2, 0.25) is 11.9 Å². The van der Waals surface area contributed by atoms with Crippen LogP contribution in [0.3, 0.4) is 0 Å². The largest absolute Gasteiger partial charge is 0.354 e. The minimum atomic E-state index is 0.0836. The predicted octanol–water partition coefficient (Wildman–Crippen LogP) is 3.15. The van der Waals surface area contributed by atoms with E-state index in [1.165, 1.54) is 43.0 Å². The molecule has 2 aliphatic carbocycles. The number of carbonyl (C=O) groups is 1. The third kappa shape index (κ3) is 3.64. The molecule has 5 rings (SSSR count). The third-order valence-corrected chi connectivity index (χ3v) is 7.09. The fraction of sp³-hybridized carbons (Fsp3) is 0.571. The smallest absolute Gasteiger partial charge is 0.230 e. The molecule has 0 atom stereocenters. The summed E-state index contributed by atoms with van der Waals surface area (Å²) in [6.45, 7) is 2.86. The van der Waals surface area contributed by atoms with Gasteiger partial charge in [-0.1, -0.05) is 42.1 Å². The van der Waals surface area contributed by atoms with Gasteiger partial charge in [-0.3, -0.25) is 9.36 Å². The zero-order valence-electron chi connectivity index (χ0n) is 16.1. The van der Waals surface area contributed by atoms with Crippen molar-refractivity contribution >= 4 is 23.6 Å². The summed E-state index contributed by atoms with van der Waals surface area (Å²) in [4.78, 5) is 14.8. The summed E-state index contributed by atoms with van der Waals surface area (Å²) in [5.41, 5.74) is 1.49. The predicted molar refractivity (Wildman–Crippen MR) is 111 cm³/mol. The summed E-state index contributed by atoms with van der Waals surface area (Å²) in [5.74, 6) is 1.49. The fourth-order valence-electron chi connectivity index (χ4n) is 4.11. The van der Waals surface area contributed by atoms with E-state index in [9.17, 15) is 4.79 Å². The van der Waals surface area contributed by atoms with Crippen LogP contribution in [-0.4, -0.2) is 46.1 Å². The van der Waals surface area contributed by atoms with Crippen LogP contribution >= 0.6 is 11.8 Å². The summed E-state index contributed by atoms with van der Waals surface area (Å²) in [5, 5.41) is 12.9. The Bertz CT molecular complexity index is 838.